The zero-order valence-electron chi connectivity index (χ0n) is 9.87. The van der Waals surface area contributed by atoms with Crippen molar-refractivity contribution in [3.63, 3.8) is 0 Å². The van der Waals surface area contributed by atoms with E-state index in [1.807, 2.05) is 6.07 Å². The second kappa shape index (κ2) is 6.07. The molecule has 0 aliphatic heterocycles. The van der Waals surface area contributed by atoms with Gasteiger partial charge in [-0.25, -0.2) is 4.79 Å². The van der Waals surface area contributed by atoms with Crippen molar-refractivity contribution in [3.05, 3.63) is 16.9 Å². The normalized spacial score (nSPS) is 9.67. The van der Waals surface area contributed by atoms with Crippen molar-refractivity contribution in [2.24, 2.45) is 0 Å². The highest BCUT2D eigenvalue weighted by atomic mass is 35.5. The molecule has 0 spiro atoms. The van der Waals surface area contributed by atoms with Gasteiger partial charge in [-0.05, 0) is 13.8 Å². The van der Waals surface area contributed by atoms with Gasteiger partial charge in [0, 0.05) is 0 Å². The molecule has 1 rings (SSSR count). The van der Waals surface area contributed by atoms with E-state index < -0.39 is 6.09 Å². The number of nitrogens with one attached hydrogen (secondary N) is 1. The standard InChI is InChI=1S/C11H11ClN2O4/c1-6(15)9-7(2)18-10(8(9)5-13)14-11(16)17-4-3-12/h3-4H2,1-2H3,(H,14,16). The number of nitrogens with zero attached hydrogens (tertiary/aromatic N) is 1. The highest BCUT2D eigenvalue weighted by Gasteiger charge is 2.22. The van der Waals surface area contributed by atoms with E-state index >= 15 is 0 Å². The first-order valence-corrected chi connectivity index (χ1v) is 5.58. The number of anilines is 1. The largest absolute Gasteiger partial charge is 0.448 e. The summed E-state index contributed by atoms with van der Waals surface area (Å²) in [4.78, 5) is 22.6. The van der Waals surface area contributed by atoms with Crippen LogP contribution < -0.4 is 5.32 Å². The molecular formula is C11H11ClN2O4. The third-order valence-electron chi connectivity index (χ3n) is 2.07. The molecule has 18 heavy (non-hydrogen) atoms. The molecular weight excluding hydrogens is 260 g/mol. The minimum absolute atomic E-state index is 0.0113. The molecule has 0 saturated heterocycles. The first kappa shape index (κ1) is 14.1. The molecule has 6 nitrogen and oxygen atoms in total. The van der Waals surface area contributed by atoms with Crippen molar-refractivity contribution >= 4 is 29.4 Å². The van der Waals surface area contributed by atoms with Gasteiger partial charge in [-0.15, -0.1) is 11.6 Å². The number of ketones is 1. The second-order valence-corrected chi connectivity index (χ2v) is 3.73. The number of carbonyl (C=O) groups is 2. The number of Topliss-reactive ketones (excluding diaryl/α,β-unsaturated/α-hetero) is 1. The molecule has 1 aromatic rings. The van der Waals surface area contributed by atoms with Gasteiger partial charge in [0.2, 0.25) is 5.88 Å². The minimum atomic E-state index is -0.795. The number of hydrogen-bond donors (Lipinski definition) is 1. The van der Waals surface area contributed by atoms with Gasteiger partial charge in [-0.1, -0.05) is 0 Å². The fraction of sp³-hybridized carbons (Fsp3) is 0.364. The van der Waals surface area contributed by atoms with E-state index in [0.717, 1.165) is 0 Å². The Morgan fingerprint density at radius 3 is 2.72 bits per heavy atom. The molecule has 7 heteroatoms. The number of halogens is 1. The van der Waals surface area contributed by atoms with Gasteiger partial charge in [0.05, 0.1) is 11.4 Å². The smallest absolute Gasteiger partial charge is 0.414 e. The van der Waals surface area contributed by atoms with Crippen LogP contribution in [0.3, 0.4) is 0 Å². The van der Waals surface area contributed by atoms with Gasteiger partial charge in [-0.2, -0.15) is 5.26 Å². The molecule has 0 atom stereocenters. The van der Waals surface area contributed by atoms with Crippen molar-refractivity contribution in [1.29, 1.82) is 5.26 Å². The SMILES string of the molecule is CC(=O)c1c(C)oc(NC(=O)OCCCl)c1C#N. The van der Waals surface area contributed by atoms with E-state index in [-0.39, 0.29) is 41.0 Å². The van der Waals surface area contributed by atoms with E-state index in [1.54, 1.807) is 0 Å². The van der Waals surface area contributed by atoms with Crippen molar-refractivity contribution < 1.29 is 18.7 Å². The summed E-state index contributed by atoms with van der Waals surface area (Å²) in [5.74, 6) is 0.0236. The number of ether oxygens (including phenoxy) is 1. The second-order valence-electron chi connectivity index (χ2n) is 3.36. The predicted octanol–water partition coefficient (Wildman–Crippen LogP) is 2.45. The van der Waals surface area contributed by atoms with Gasteiger partial charge >= 0.3 is 6.09 Å². The molecule has 1 aromatic heterocycles. The van der Waals surface area contributed by atoms with E-state index in [1.165, 1.54) is 13.8 Å². The number of carbonyl (C=O) groups excluding carboxylic acids is 2. The van der Waals surface area contributed by atoms with Gasteiger partial charge < -0.3 is 9.15 Å². The highest BCUT2D eigenvalue weighted by molar-refractivity contribution is 6.18. The van der Waals surface area contributed by atoms with Crippen LogP contribution in [-0.2, 0) is 4.74 Å². The molecule has 0 fully saturated rings. The summed E-state index contributed by atoms with van der Waals surface area (Å²) in [6.07, 6.45) is -0.795. The third-order valence-corrected chi connectivity index (χ3v) is 2.23. The Labute approximate surface area is 108 Å². The molecule has 1 heterocycles. The lowest BCUT2D eigenvalue weighted by atomic mass is 10.1. The van der Waals surface area contributed by atoms with Crippen LogP contribution in [0.5, 0.6) is 0 Å². The number of amides is 1. The summed E-state index contributed by atoms with van der Waals surface area (Å²) in [7, 11) is 0. The maximum absolute atomic E-state index is 11.3. The Bertz CT molecular complexity index is 516. The van der Waals surface area contributed by atoms with Gasteiger partial charge in [-0.3, -0.25) is 10.1 Å². The Balaban J connectivity index is 2.97. The number of furan rings is 1. The first-order valence-electron chi connectivity index (χ1n) is 5.05. The molecule has 1 amide bonds. The number of hydrogen-bond acceptors (Lipinski definition) is 5. The number of rotatable bonds is 4. The summed E-state index contributed by atoms with van der Waals surface area (Å²) in [5.41, 5.74) is 0.146. The first-order chi connectivity index (χ1) is 8.51. The molecule has 0 aromatic carbocycles. The maximum Gasteiger partial charge on any atom is 0.414 e. The summed E-state index contributed by atoms with van der Waals surface area (Å²) < 4.78 is 9.83. The third kappa shape index (κ3) is 3.02. The fourth-order valence-electron chi connectivity index (χ4n) is 1.42. The van der Waals surface area contributed by atoms with Crippen LogP contribution >= 0.6 is 11.6 Å². The Morgan fingerprint density at radius 2 is 2.22 bits per heavy atom. The Hall–Kier alpha value is -2.00. The van der Waals surface area contributed by atoms with Crippen LogP contribution in [0.25, 0.3) is 0 Å². The number of nitriles is 1. The predicted molar refractivity (Wildman–Crippen MR) is 63.9 cm³/mol. The zero-order chi connectivity index (χ0) is 13.7. The van der Waals surface area contributed by atoms with E-state index in [4.69, 9.17) is 21.3 Å². The Kier molecular flexibility index (Phi) is 4.75. The van der Waals surface area contributed by atoms with Crippen molar-refractivity contribution in [1.82, 2.24) is 0 Å². The van der Waals surface area contributed by atoms with Gasteiger partial charge in [0.1, 0.15) is 24.0 Å². The fourth-order valence-corrected chi connectivity index (χ4v) is 1.50. The van der Waals surface area contributed by atoms with Crippen molar-refractivity contribution in [2.75, 3.05) is 17.8 Å². The van der Waals surface area contributed by atoms with Crippen molar-refractivity contribution in [3.8, 4) is 6.07 Å². The molecule has 0 saturated carbocycles. The molecule has 96 valence electrons. The van der Waals surface area contributed by atoms with Gasteiger partial charge in [0.25, 0.3) is 0 Å². The molecule has 0 radical (unpaired) electrons. The van der Waals surface area contributed by atoms with Crippen LogP contribution in [0, 0.1) is 18.3 Å². The number of aryl methyl sites for hydroxylation is 1. The van der Waals surface area contributed by atoms with Crippen LogP contribution in [0.1, 0.15) is 28.6 Å². The average molecular weight is 271 g/mol. The summed E-state index contributed by atoms with van der Waals surface area (Å²) in [6, 6.07) is 1.82. The summed E-state index contributed by atoms with van der Waals surface area (Å²) in [5, 5.41) is 11.2. The van der Waals surface area contributed by atoms with Crippen LogP contribution in [-0.4, -0.2) is 24.4 Å². The summed E-state index contributed by atoms with van der Waals surface area (Å²) >= 11 is 5.35. The lowest BCUT2D eigenvalue weighted by Gasteiger charge is -2.02. The highest BCUT2D eigenvalue weighted by Crippen LogP contribution is 2.26. The molecule has 0 aliphatic carbocycles. The van der Waals surface area contributed by atoms with E-state index in [0.29, 0.717) is 0 Å². The van der Waals surface area contributed by atoms with Crippen LogP contribution in [0.2, 0.25) is 0 Å². The van der Waals surface area contributed by atoms with E-state index in [9.17, 15) is 9.59 Å². The lowest BCUT2D eigenvalue weighted by Crippen LogP contribution is -2.15. The maximum atomic E-state index is 11.3. The Morgan fingerprint density at radius 1 is 1.56 bits per heavy atom. The molecule has 0 bridgehead atoms. The van der Waals surface area contributed by atoms with Gasteiger partial charge in [0.15, 0.2) is 5.78 Å². The zero-order valence-corrected chi connectivity index (χ0v) is 10.6. The minimum Gasteiger partial charge on any atom is -0.448 e. The van der Waals surface area contributed by atoms with Crippen LogP contribution in [0.15, 0.2) is 4.42 Å². The molecule has 0 unspecified atom stereocenters. The van der Waals surface area contributed by atoms with Crippen molar-refractivity contribution in [2.45, 2.75) is 13.8 Å². The van der Waals surface area contributed by atoms with Crippen LogP contribution in [0.4, 0.5) is 10.7 Å². The molecule has 0 aliphatic rings. The monoisotopic (exact) mass is 270 g/mol. The molecule has 1 N–H and O–H groups in total. The number of alkyl halides is 1. The summed E-state index contributed by atoms with van der Waals surface area (Å²) in [6.45, 7) is 2.88. The van der Waals surface area contributed by atoms with E-state index in [2.05, 4.69) is 10.1 Å². The topological polar surface area (TPSA) is 92.3 Å². The lowest BCUT2D eigenvalue weighted by molar-refractivity contribution is 0.101. The quantitative estimate of drug-likeness (QED) is 0.670. The average Bonchev–Trinajstić information content (AvgIpc) is 2.62.